The summed E-state index contributed by atoms with van der Waals surface area (Å²) in [5.41, 5.74) is 0.449. The number of aliphatic carboxylic acids is 1. The van der Waals surface area contributed by atoms with Gasteiger partial charge in [0.2, 0.25) is 0 Å². The number of halogens is 1. The zero-order valence-electron chi connectivity index (χ0n) is 9.84. The molecule has 0 saturated heterocycles. The zero-order chi connectivity index (χ0) is 13.3. The molecule has 1 aromatic rings. The van der Waals surface area contributed by atoms with Crippen LogP contribution >= 0.6 is 15.9 Å². The molecule has 1 aliphatic rings. The van der Waals surface area contributed by atoms with Gasteiger partial charge in [0, 0.05) is 22.9 Å². The third-order valence-electron chi connectivity index (χ3n) is 2.95. The van der Waals surface area contributed by atoms with Crippen LogP contribution < -0.4 is 0 Å². The van der Waals surface area contributed by atoms with E-state index in [-0.39, 0.29) is 11.9 Å². The number of amides is 1. The fourth-order valence-electron chi connectivity index (χ4n) is 1.82. The average molecular weight is 313 g/mol. The Balaban J connectivity index is 2.29. The summed E-state index contributed by atoms with van der Waals surface area (Å²) < 4.78 is 0.582. The Kier molecular flexibility index (Phi) is 3.65. The number of aromatic nitrogens is 1. The lowest BCUT2D eigenvalue weighted by molar-refractivity contribution is -0.141. The minimum atomic E-state index is -0.986. The van der Waals surface area contributed by atoms with Crippen molar-refractivity contribution in [3.8, 4) is 0 Å². The van der Waals surface area contributed by atoms with E-state index < -0.39 is 12.0 Å². The molecule has 1 saturated carbocycles. The molecule has 1 heterocycles. The van der Waals surface area contributed by atoms with Gasteiger partial charge in [-0.25, -0.2) is 4.79 Å². The van der Waals surface area contributed by atoms with E-state index in [1.54, 1.807) is 6.07 Å². The van der Waals surface area contributed by atoms with Gasteiger partial charge in [0.05, 0.1) is 5.56 Å². The van der Waals surface area contributed by atoms with Crippen LogP contribution in [0.2, 0.25) is 0 Å². The van der Waals surface area contributed by atoms with Crippen molar-refractivity contribution in [3.63, 3.8) is 0 Å². The molecule has 0 aromatic carbocycles. The average Bonchev–Trinajstić information content (AvgIpc) is 3.14. The Morgan fingerprint density at radius 2 is 2.22 bits per heavy atom. The molecule has 18 heavy (non-hydrogen) atoms. The first-order valence-electron chi connectivity index (χ1n) is 5.67. The molecule has 5 nitrogen and oxygen atoms in total. The normalized spacial score (nSPS) is 16.1. The van der Waals surface area contributed by atoms with Crippen LogP contribution in [0.1, 0.15) is 30.1 Å². The number of hydrogen-bond donors (Lipinski definition) is 1. The number of carboxylic acid groups (broad SMARTS) is 1. The van der Waals surface area contributed by atoms with Crippen LogP contribution in [0, 0.1) is 0 Å². The maximum Gasteiger partial charge on any atom is 0.326 e. The highest BCUT2D eigenvalue weighted by Gasteiger charge is 2.39. The van der Waals surface area contributed by atoms with E-state index in [2.05, 4.69) is 20.9 Å². The van der Waals surface area contributed by atoms with Crippen molar-refractivity contribution in [1.82, 2.24) is 9.88 Å². The van der Waals surface area contributed by atoms with Gasteiger partial charge in [-0.05, 0) is 41.8 Å². The lowest BCUT2D eigenvalue weighted by Crippen LogP contribution is -2.44. The second-order valence-corrected chi connectivity index (χ2v) is 5.17. The van der Waals surface area contributed by atoms with E-state index in [1.807, 2.05) is 0 Å². The summed E-state index contributed by atoms with van der Waals surface area (Å²) in [6.07, 6.45) is 4.79. The monoisotopic (exact) mass is 312 g/mol. The highest BCUT2D eigenvalue weighted by atomic mass is 79.9. The second kappa shape index (κ2) is 5.06. The first kappa shape index (κ1) is 13.0. The molecule has 0 radical (unpaired) electrons. The first-order valence-corrected chi connectivity index (χ1v) is 6.46. The fraction of sp³-hybridized carbons (Fsp3) is 0.417. The van der Waals surface area contributed by atoms with E-state index in [0.29, 0.717) is 10.0 Å². The van der Waals surface area contributed by atoms with Gasteiger partial charge in [0.1, 0.15) is 6.04 Å². The van der Waals surface area contributed by atoms with Crippen LogP contribution in [0.3, 0.4) is 0 Å². The summed E-state index contributed by atoms with van der Waals surface area (Å²) in [6.45, 7) is 1.54. The molecule has 1 N–H and O–H groups in total. The van der Waals surface area contributed by atoms with Crippen molar-refractivity contribution in [1.29, 1.82) is 0 Å². The van der Waals surface area contributed by atoms with Crippen LogP contribution in [-0.4, -0.2) is 39.0 Å². The van der Waals surface area contributed by atoms with E-state index in [0.717, 1.165) is 12.8 Å². The van der Waals surface area contributed by atoms with Crippen LogP contribution in [-0.2, 0) is 4.79 Å². The van der Waals surface area contributed by atoms with Gasteiger partial charge in [-0.2, -0.15) is 0 Å². The Morgan fingerprint density at radius 3 is 2.72 bits per heavy atom. The van der Waals surface area contributed by atoms with Crippen LogP contribution in [0.4, 0.5) is 0 Å². The molecule has 6 heteroatoms. The summed E-state index contributed by atoms with van der Waals surface area (Å²) in [5, 5.41) is 9.08. The standard InChI is InChI=1S/C12H13BrN2O3/c1-7(12(17)18)15(8-2-3-8)11(16)9-4-5-14-6-10(9)13/h4-8H,2-3H2,1H3,(H,17,18). The molecule has 0 aliphatic heterocycles. The Labute approximate surface area is 113 Å². The summed E-state index contributed by atoms with van der Waals surface area (Å²) in [7, 11) is 0. The molecule has 0 spiro atoms. The Bertz CT molecular complexity index is 488. The van der Waals surface area contributed by atoms with Crippen molar-refractivity contribution in [2.45, 2.75) is 31.8 Å². The second-order valence-electron chi connectivity index (χ2n) is 4.31. The number of rotatable bonds is 4. The number of pyridine rings is 1. The predicted molar refractivity (Wildman–Crippen MR) is 68.2 cm³/mol. The quantitative estimate of drug-likeness (QED) is 0.922. The van der Waals surface area contributed by atoms with Crippen molar-refractivity contribution in [3.05, 3.63) is 28.5 Å². The van der Waals surface area contributed by atoms with Crippen molar-refractivity contribution in [2.75, 3.05) is 0 Å². The molecule has 2 rings (SSSR count). The molecule has 1 amide bonds. The Hall–Kier alpha value is -1.43. The summed E-state index contributed by atoms with van der Waals surface area (Å²) >= 11 is 3.26. The summed E-state index contributed by atoms with van der Waals surface area (Å²) in [5.74, 6) is -1.25. The minimum absolute atomic E-state index is 0.0451. The predicted octanol–water partition coefficient (Wildman–Crippen LogP) is 1.92. The van der Waals surface area contributed by atoms with Crippen molar-refractivity contribution >= 4 is 27.8 Å². The molecule has 0 bridgehead atoms. The lowest BCUT2D eigenvalue weighted by atomic mass is 10.2. The highest BCUT2D eigenvalue weighted by molar-refractivity contribution is 9.10. The third-order valence-corrected chi connectivity index (χ3v) is 3.58. The first-order chi connectivity index (χ1) is 8.52. The maximum atomic E-state index is 12.4. The summed E-state index contributed by atoms with van der Waals surface area (Å²) in [4.78, 5) is 28.8. The lowest BCUT2D eigenvalue weighted by Gasteiger charge is -2.26. The van der Waals surface area contributed by atoms with Crippen molar-refractivity contribution in [2.24, 2.45) is 0 Å². The maximum absolute atomic E-state index is 12.4. The molecule has 1 fully saturated rings. The number of nitrogens with zero attached hydrogens (tertiary/aromatic N) is 2. The van der Waals surface area contributed by atoms with E-state index in [9.17, 15) is 9.59 Å². The van der Waals surface area contributed by atoms with Gasteiger partial charge in [-0.15, -0.1) is 0 Å². The molecule has 1 unspecified atom stereocenters. The fourth-order valence-corrected chi connectivity index (χ4v) is 2.24. The molecule has 1 atom stereocenters. The molecular weight excluding hydrogens is 300 g/mol. The van der Waals surface area contributed by atoms with Gasteiger partial charge < -0.3 is 10.0 Å². The largest absolute Gasteiger partial charge is 0.480 e. The molecule has 1 aliphatic carbocycles. The SMILES string of the molecule is CC(C(=O)O)N(C(=O)c1ccncc1Br)C1CC1. The van der Waals surface area contributed by atoms with Gasteiger partial charge in [0.25, 0.3) is 5.91 Å². The molecule has 1 aromatic heterocycles. The molecular formula is C12H13BrN2O3. The number of carboxylic acids is 1. The number of carbonyl (C=O) groups excluding carboxylic acids is 1. The number of hydrogen-bond acceptors (Lipinski definition) is 3. The van der Waals surface area contributed by atoms with Crippen LogP contribution in [0.15, 0.2) is 22.9 Å². The molecule has 96 valence electrons. The van der Waals surface area contributed by atoms with Gasteiger partial charge in [-0.1, -0.05) is 0 Å². The van der Waals surface area contributed by atoms with Crippen LogP contribution in [0.25, 0.3) is 0 Å². The van der Waals surface area contributed by atoms with E-state index >= 15 is 0 Å². The van der Waals surface area contributed by atoms with Gasteiger partial charge in [0.15, 0.2) is 0 Å². The minimum Gasteiger partial charge on any atom is -0.480 e. The van der Waals surface area contributed by atoms with E-state index in [4.69, 9.17) is 5.11 Å². The van der Waals surface area contributed by atoms with Gasteiger partial charge in [-0.3, -0.25) is 9.78 Å². The summed E-state index contributed by atoms with van der Waals surface area (Å²) in [6, 6.07) is 0.824. The highest BCUT2D eigenvalue weighted by Crippen LogP contribution is 2.31. The smallest absolute Gasteiger partial charge is 0.326 e. The van der Waals surface area contributed by atoms with E-state index in [1.165, 1.54) is 24.2 Å². The topological polar surface area (TPSA) is 70.5 Å². The van der Waals surface area contributed by atoms with Crippen molar-refractivity contribution < 1.29 is 14.7 Å². The Morgan fingerprint density at radius 1 is 1.56 bits per heavy atom. The van der Waals surface area contributed by atoms with Gasteiger partial charge >= 0.3 is 5.97 Å². The number of carbonyl (C=O) groups is 2. The zero-order valence-corrected chi connectivity index (χ0v) is 11.4. The third kappa shape index (κ3) is 2.53. The van der Waals surface area contributed by atoms with Crippen LogP contribution in [0.5, 0.6) is 0 Å².